The zero-order valence-corrected chi connectivity index (χ0v) is 8.30. The highest BCUT2D eigenvalue weighted by atomic mass is 79.9. The molecule has 2 N–H and O–H groups in total. The average molecular weight is 225 g/mol. The molecule has 0 saturated heterocycles. The molecule has 0 unspecified atom stereocenters. The predicted molar refractivity (Wildman–Crippen MR) is 55.0 cm³/mol. The van der Waals surface area contributed by atoms with E-state index in [9.17, 15) is 0 Å². The molecule has 1 heterocycles. The molecule has 62 valence electrons. The Morgan fingerprint density at radius 3 is 2.83 bits per heavy atom. The molecule has 0 aliphatic rings. The first-order chi connectivity index (χ1) is 5.70. The van der Waals surface area contributed by atoms with E-state index in [1.165, 1.54) is 5.39 Å². The first-order valence-corrected chi connectivity index (χ1v) is 4.49. The molecule has 0 fully saturated rings. The lowest BCUT2D eigenvalue weighted by atomic mass is 10.2. The summed E-state index contributed by atoms with van der Waals surface area (Å²) in [6.45, 7) is 0. The number of aryl methyl sites for hydroxylation is 1. The molecule has 0 aliphatic carbocycles. The number of rotatable bonds is 0. The fraction of sp³-hybridized carbons (Fsp3) is 0.111. The second-order valence-corrected chi connectivity index (χ2v) is 3.62. The van der Waals surface area contributed by atoms with Crippen LogP contribution >= 0.6 is 15.9 Å². The Labute approximate surface area is 79.1 Å². The van der Waals surface area contributed by atoms with E-state index in [2.05, 4.69) is 28.1 Å². The van der Waals surface area contributed by atoms with Crippen molar-refractivity contribution in [1.29, 1.82) is 0 Å². The van der Waals surface area contributed by atoms with E-state index in [-0.39, 0.29) is 0 Å². The van der Waals surface area contributed by atoms with Gasteiger partial charge in [-0.1, -0.05) is 12.1 Å². The predicted octanol–water partition coefficient (Wildman–Crippen LogP) is 2.52. The monoisotopic (exact) mass is 224 g/mol. The Hall–Kier alpha value is -0.960. The van der Waals surface area contributed by atoms with Crippen LogP contribution in [0.15, 0.2) is 28.9 Å². The number of nitrogen functional groups attached to an aromatic ring is 1. The van der Waals surface area contributed by atoms with Gasteiger partial charge < -0.3 is 10.3 Å². The number of hydrogen-bond acceptors (Lipinski definition) is 1. The first-order valence-electron chi connectivity index (χ1n) is 3.69. The van der Waals surface area contributed by atoms with Gasteiger partial charge in [0.1, 0.15) is 0 Å². The highest BCUT2D eigenvalue weighted by Gasteiger charge is 2.04. The third-order valence-electron chi connectivity index (χ3n) is 2.03. The molecule has 2 rings (SSSR count). The van der Waals surface area contributed by atoms with Crippen molar-refractivity contribution in [2.45, 2.75) is 0 Å². The molecule has 0 saturated carbocycles. The summed E-state index contributed by atoms with van der Waals surface area (Å²) in [5, 5.41) is 1.17. The molecule has 0 bridgehead atoms. The third kappa shape index (κ3) is 0.932. The van der Waals surface area contributed by atoms with Gasteiger partial charge in [-0.05, 0) is 28.1 Å². The van der Waals surface area contributed by atoms with Crippen molar-refractivity contribution < 1.29 is 0 Å². The minimum Gasteiger partial charge on any atom is -0.397 e. The molecular formula is C9H9BrN2. The number of para-hydroxylation sites is 1. The fourth-order valence-corrected chi connectivity index (χ4v) is 1.84. The van der Waals surface area contributed by atoms with Gasteiger partial charge in [0.25, 0.3) is 0 Å². The van der Waals surface area contributed by atoms with Crippen molar-refractivity contribution in [1.82, 2.24) is 4.57 Å². The van der Waals surface area contributed by atoms with Crippen LogP contribution in [-0.2, 0) is 7.05 Å². The number of nitrogens with two attached hydrogens (primary N) is 1. The van der Waals surface area contributed by atoms with Crippen molar-refractivity contribution in [2.24, 2.45) is 7.05 Å². The van der Waals surface area contributed by atoms with Crippen LogP contribution in [0.5, 0.6) is 0 Å². The summed E-state index contributed by atoms with van der Waals surface area (Å²) < 4.78 is 3.08. The summed E-state index contributed by atoms with van der Waals surface area (Å²) in [6, 6.07) is 7.99. The normalized spacial score (nSPS) is 10.8. The number of aromatic nitrogens is 1. The van der Waals surface area contributed by atoms with Crippen LogP contribution in [0.3, 0.4) is 0 Å². The Morgan fingerprint density at radius 1 is 1.42 bits per heavy atom. The van der Waals surface area contributed by atoms with Crippen LogP contribution in [0.25, 0.3) is 10.9 Å². The highest BCUT2D eigenvalue weighted by Crippen LogP contribution is 2.26. The number of fused-ring (bicyclic) bond motifs is 1. The van der Waals surface area contributed by atoms with Gasteiger partial charge in [-0.25, -0.2) is 0 Å². The van der Waals surface area contributed by atoms with Crippen molar-refractivity contribution in [2.75, 3.05) is 5.73 Å². The summed E-state index contributed by atoms with van der Waals surface area (Å²) in [4.78, 5) is 0. The molecule has 0 atom stereocenters. The number of nitrogens with zero attached hydrogens (tertiary/aromatic N) is 1. The molecule has 0 radical (unpaired) electrons. The van der Waals surface area contributed by atoms with Crippen LogP contribution in [0, 0.1) is 0 Å². The van der Waals surface area contributed by atoms with E-state index < -0.39 is 0 Å². The molecule has 0 amide bonds. The zero-order valence-electron chi connectivity index (χ0n) is 6.71. The Morgan fingerprint density at radius 2 is 2.17 bits per heavy atom. The van der Waals surface area contributed by atoms with Crippen molar-refractivity contribution in [3.05, 3.63) is 28.9 Å². The molecular weight excluding hydrogens is 216 g/mol. The first kappa shape index (κ1) is 7.68. The molecule has 3 heteroatoms. The van der Waals surface area contributed by atoms with E-state index in [0.717, 1.165) is 15.8 Å². The van der Waals surface area contributed by atoms with Crippen molar-refractivity contribution >= 4 is 32.5 Å². The van der Waals surface area contributed by atoms with E-state index in [1.54, 1.807) is 0 Å². The van der Waals surface area contributed by atoms with E-state index in [0.29, 0.717) is 0 Å². The Kier molecular flexibility index (Phi) is 1.61. The Balaban J connectivity index is 2.97. The fourth-order valence-electron chi connectivity index (χ4n) is 1.42. The second kappa shape index (κ2) is 2.52. The summed E-state index contributed by atoms with van der Waals surface area (Å²) in [7, 11) is 1.99. The second-order valence-electron chi connectivity index (χ2n) is 2.81. The van der Waals surface area contributed by atoms with Gasteiger partial charge >= 0.3 is 0 Å². The largest absolute Gasteiger partial charge is 0.397 e. The number of benzene rings is 1. The lowest BCUT2D eigenvalue weighted by molar-refractivity contribution is 0.942. The lowest BCUT2D eigenvalue weighted by Gasteiger charge is -2.00. The molecule has 1 aromatic carbocycles. The van der Waals surface area contributed by atoms with E-state index >= 15 is 0 Å². The zero-order chi connectivity index (χ0) is 8.72. The van der Waals surface area contributed by atoms with Gasteiger partial charge in [0.2, 0.25) is 0 Å². The van der Waals surface area contributed by atoms with Crippen LogP contribution in [0.1, 0.15) is 0 Å². The van der Waals surface area contributed by atoms with Crippen molar-refractivity contribution in [3.63, 3.8) is 0 Å². The minimum atomic E-state index is 0.820. The van der Waals surface area contributed by atoms with Gasteiger partial charge in [-0.2, -0.15) is 0 Å². The van der Waals surface area contributed by atoms with Crippen LogP contribution < -0.4 is 5.73 Å². The maximum Gasteiger partial charge on any atom is 0.0855 e. The molecule has 0 aliphatic heterocycles. The van der Waals surface area contributed by atoms with Gasteiger partial charge in [-0.15, -0.1) is 0 Å². The summed E-state index contributed by atoms with van der Waals surface area (Å²) in [5.41, 5.74) is 7.74. The number of halogens is 1. The molecule has 2 aromatic rings. The van der Waals surface area contributed by atoms with Crippen LogP contribution in [0.2, 0.25) is 0 Å². The number of anilines is 1. The van der Waals surface area contributed by atoms with Gasteiger partial charge in [0.05, 0.1) is 15.8 Å². The number of hydrogen-bond donors (Lipinski definition) is 1. The van der Waals surface area contributed by atoms with Gasteiger partial charge in [-0.3, -0.25) is 0 Å². The summed E-state index contributed by atoms with van der Waals surface area (Å²) >= 11 is 3.45. The average Bonchev–Trinajstić information content (AvgIpc) is 2.29. The van der Waals surface area contributed by atoms with Crippen LogP contribution in [0.4, 0.5) is 5.69 Å². The molecule has 2 nitrogen and oxygen atoms in total. The lowest BCUT2D eigenvalue weighted by Crippen LogP contribution is -1.92. The maximum atomic E-state index is 5.83. The van der Waals surface area contributed by atoms with Crippen LogP contribution in [-0.4, -0.2) is 4.57 Å². The molecule has 12 heavy (non-hydrogen) atoms. The minimum absolute atomic E-state index is 0.820. The molecule has 0 spiro atoms. The quantitative estimate of drug-likeness (QED) is 0.686. The highest BCUT2D eigenvalue weighted by molar-refractivity contribution is 9.10. The smallest absolute Gasteiger partial charge is 0.0855 e. The van der Waals surface area contributed by atoms with E-state index in [1.807, 2.05) is 23.7 Å². The van der Waals surface area contributed by atoms with Gasteiger partial charge in [0, 0.05) is 12.4 Å². The summed E-state index contributed by atoms with van der Waals surface area (Å²) in [6.07, 6.45) is 0. The SMILES string of the molecule is Cn1c(Br)cc2cccc(N)c21. The van der Waals surface area contributed by atoms with Gasteiger partial charge in [0.15, 0.2) is 0 Å². The Bertz CT molecular complexity index is 431. The maximum absolute atomic E-state index is 5.83. The molecule has 1 aromatic heterocycles. The summed E-state index contributed by atoms with van der Waals surface area (Å²) in [5.74, 6) is 0. The third-order valence-corrected chi connectivity index (χ3v) is 2.79. The standard InChI is InChI=1S/C9H9BrN2/c1-12-8(10)5-6-3-2-4-7(11)9(6)12/h2-5H,11H2,1H3. The topological polar surface area (TPSA) is 30.9 Å². The van der Waals surface area contributed by atoms with Crippen molar-refractivity contribution in [3.8, 4) is 0 Å². The van der Waals surface area contributed by atoms with E-state index in [4.69, 9.17) is 5.73 Å².